The van der Waals surface area contributed by atoms with Crippen LogP contribution in [0.25, 0.3) is 5.69 Å². The third kappa shape index (κ3) is 4.00. The molecule has 0 spiro atoms. The molecule has 3 aliphatic rings. The van der Waals surface area contributed by atoms with Gasteiger partial charge in [-0.15, -0.1) is 10.2 Å². The number of benzene rings is 1. The topological polar surface area (TPSA) is 72.2 Å². The number of aromatic nitrogens is 5. The maximum Gasteiger partial charge on any atom is 0.225 e. The minimum Gasteiger partial charge on any atom is -0.380 e. The largest absolute Gasteiger partial charge is 0.380 e. The van der Waals surface area contributed by atoms with Gasteiger partial charge in [0, 0.05) is 55.6 Å². The molecule has 3 aliphatic heterocycles. The Kier molecular flexibility index (Phi) is 5.52. The summed E-state index contributed by atoms with van der Waals surface area (Å²) in [7, 11) is 0. The summed E-state index contributed by atoms with van der Waals surface area (Å²) in [5.41, 5.74) is 3.46. The number of piperidine rings is 1. The second-order valence-electron chi connectivity index (χ2n) is 9.33. The molecule has 0 aliphatic carbocycles. The van der Waals surface area contributed by atoms with Crippen molar-refractivity contribution in [1.29, 1.82) is 0 Å². The molecule has 172 valence electrons. The van der Waals surface area contributed by atoms with Gasteiger partial charge in [-0.05, 0) is 55.5 Å². The fraction of sp³-hybridized carbons (Fsp3) is 0.500. The number of hydrogen-bond acceptors (Lipinski definition) is 7. The molecule has 0 N–H and O–H groups in total. The number of aryl methyl sites for hydroxylation is 1. The molecule has 33 heavy (non-hydrogen) atoms. The minimum atomic E-state index is 0.345. The third-order valence-electron chi connectivity index (χ3n) is 7.09. The van der Waals surface area contributed by atoms with Crippen molar-refractivity contribution in [3.8, 4) is 5.69 Å². The fourth-order valence-corrected chi connectivity index (χ4v) is 5.46. The lowest BCUT2D eigenvalue weighted by molar-refractivity contribution is 0.133. The summed E-state index contributed by atoms with van der Waals surface area (Å²) in [5.74, 6) is 3.22. The van der Waals surface area contributed by atoms with Crippen LogP contribution < -0.4 is 4.90 Å². The van der Waals surface area contributed by atoms with E-state index in [-0.39, 0.29) is 0 Å². The Labute approximate surface area is 198 Å². The molecule has 0 bridgehead atoms. The van der Waals surface area contributed by atoms with E-state index in [0.717, 1.165) is 92.5 Å². The minimum absolute atomic E-state index is 0.345. The molecule has 2 saturated heterocycles. The van der Waals surface area contributed by atoms with Crippen molar-refractivity contribution in [3.05, 3.63) is 58.4 Å². The molecule has 0 unspecified atom stereocenters. The van der Waals surface area contributed by atoms with Crippen molar-refractivity contribution in [3.63, 3.8) is 0 Å². The number of fused-ring (bicyclic) bond motifs is 3. The average Bonchev–Trinajstić information content (AvgIpc) is 3.48. The van der Waals surface area contributed by atoms with E-state index in [1.165, 1.54) is 5.56 Å². The van der Waals surface area contributed by atoms with Crippen LogP contribution in [0, 0.1) is 6.92 Å². The lowest BCUT2D eigenvalue weighted by atomic mass is 9.95. The molecule has 2 aromatic heterocycles. The highest BCUT2D eigenvalue weighted by atomic mass is 35.5. The summed E-state index contributed by atoms with van der Waals surface area (Å²) < 4.78 is 7.97. The van der Waals surface area contributed by atoms with Crippen LogP contribution in [-0.4, -0.2) is 62.0 Å². The molecule has 3 aromatic rings. The maximum absolute atomic E-state index is 6.41. The highest BCUT2D eigenvalue weighted by Gasteiger charge is 2.33. The van der Waals surface area contributed by atoms with Crippen LogP contribution in [-0.2, 0) is 17.8 Å². The van der Waals surface area contributed by atoms with Crippen LogP contribution >= 0.6 is 11.6 Å². The number of nitrogens with zero attached hydrogens (tertiary/aromatic N) is 7. The number of anilines is 1. The van der Waals surface area contributed by atoms with Crippen LogP contribution in [0.4, 0.5) is 5.95 Å². The van der Waals surface area contributed by atoms with Crippen molar-refractivity contribution in [2.45, 2.75) is 51.2 Å². The predicted molar refractivity (Wildman–Crippen MR) is 126 cm³/mol. The van der Waals surface area contributed by atoms with E-state index in [9.17, 15) is 0 Å². The van der Waals surface area contributed by atoms with Gasteiger partial charge in [0.15, 0.2) is 5.82 Å². The summed E-state index contributed by atoms with van der Waals surface area (Å²) in [6, 6.07) is 6.59. The standard InChI is InChI=1S/C24H28ClN7O/c1-16-11-26-24(27-12-16)30-7-4-17(5-8-30)23-29-28-22-14-31(20-6-9-33-15-20)13-18-10-19(25)2-3-21(18)32(22)23/h2-3,10-12,17,20H,4-9,13-15H2,1H3/t20-/m0/s1. The van der Waals surface area contributed by atoms with Crippen molar-refractivity contribution < 1.29 is 4.74 Å². The maximum atomic E-state index is 6.41. The van der Waals surface area contributed by atoms with Crippen LogP contribution in [0.15, 0.2) is 30.6 Å². The van der Waals surface area contributed by atoms with Gasteiger partial charge in [0.25, 0.3) is 0 Å². The highest BCUT2D eigenvalue weighted by molar-refractivity contribution is 6.30. The average molecular weight is 466 g/mol. The SMILES string of the molecule is Cc1cnc(N2CCC(c3nnc4n3-c3ccc(Cl)cc3CN([C@H]3CCOC3)C4)CC2)nc1. The lowest BCUT2D eigenvalue weighted by Crippen LogP contribution is -2.35. The molecular formula is C24H28ClN7O. The second-order valence-corrected chi connectivity index (χ2v) is 9.76. The first-order valence-electron chi connectivity index (χ1n) is 11.7. The first-order valence-corrected chi connectivity index (χ1v) is 12.1. The molecule has 0 saturated carbocycles. The number of rotatable bonds is 3. The summed E-state index contributed by atoms with van der Waals surface area (Å²) in [5, 5.41) is 10.2. The van der Waals surface area contributed by atoms with Gasteiger partial charge in [0.1, 0.15) is 5.82 Å². The van der Waals surface area contributed by atoms with E-state index in [2.05, 4.69) is 41.6 Å². The summed E-state index contributed by atoms with van der Waals surface area (Å²) in [6.45, 7) is 7.04. The molecule has 1 atom stereocenters. The van der Waals surface area contributed by atoms with Crippen molar-refractivity contribution in [2.75, 3.05) is 31.2 Å². The Balaban J connectivity index is 1.29. The highest BCUT2D eigenvalue weighted by Crippen LogP contribution is 2.35. The van der Waals surface area contributed by atoms with Crippen LogP contribution in [0.2, 0.25) is 5.02 Å². The lowest BCUT2D eigenvalue weighted by Gasteiger charge is -2.31. The Hall–Kier alpha value is -2.55. The van der Waals surface area contributed by atoms with Crippen molar-refractivity contribution >= 4 is 17.5 Å². The number of ether oxygens (including phenoxy) is 1. The normalized spacial score (nSPS) is 21.6. The van der Waals surface area contributed by atoms with E-state index in [1.54, 1.807) is 0 Å². The summed E-state index contributed by atoms with van der Waals surface area (Å²) in [6.07, 6.45) is 6.82. The van der Waals surface area contributed by atoms with Crippen molar-refractivity contribution in [2.24, 2.45) is 0 Å². The van der Waals surface area contributed by atoms with Crippen molar-refractivity contribution in [1.82, 2.24) is 29.6 Å². The van der Waals surface area contributed by atoms with E-state index < -0.39 is 0 Å². The zero-order valence-corrected chi connectivity index (χ0v) is 19.6. The first kappa shape index (κ1) is 21.0. The van der Waals surface area contributed by atoms with E-state index in [0.29, 0.717) is 12.0 Å². The van der Waals surface area contributed by atoms with Gasteiger partial charge >= 0.3 is 0 Å². The molecular weight excluding hydrogens is 438 g/mol. The second kappa shape index (κ2) is 8.66. The Bertz CT molecular complexity index is 1130. The van der Waals surface area contributed by atoms with Gasteiger partial charge in [-0.1, -0.05) is 11.6 Å². The third-order valence-corrected chi connectivity index (χ3v) is 7.32. The molecule has 6 rings (SSSR count). The first-order chi connectivity index (χ1) is 16.2. The van der Waals surface area contributed by atoms with Crippen LogP contribution in [0.1, 0.15) is 48.0 Å². The van der Waals surface area contributed by atoms with Gasteiger partial charge in [0.2, 0.25) is 5.95 Å². The number of halogens is 1. The van der Waals surface area contributed by atoms with E-state index >= 15 is 0 Å². The smallest absolute Gasteiger partial charge is 0.225 e. The molecule has 2 fully saturated rings. The fourth-order valence-electron chi connectivity index (χ4n) is 5.27. The van der Waals surface area contributed by atoms with E-state index in [1.807, 2.05) is 25.4 Å². The Morgan fingerprint density at radius 2 is 1.85 bits per heavy atom. The van der Waals surface area contributed by atoms with Gasteiger partial charge in [-0.3, -0.25) is 9.47 Å². The zero-order valence-electron chi connectivity index (χ0n) is 18.8. The molecule has 0 amide bonds. The summed E-state index contributed by atoms with van der Waals surface area (Å²) >= 11 is 6.41. The van der Waals surface area contributed by atoms with Gasteiger partial charge in [0.05, 0.1) is 18.8 Å². The summed E-state index contributed by atoms with van der Waals surface area (Å²) in [4.78, 5) is 13.8. The van der Waals surface area contributed by atoms with Crippen LogP contribution in [0.3, 0.4) is 0 Å². The number of hydrogen-bond donors (Lipinski definition) is 0. The van der Waals surface area contributed by atoms with E-state index in [4.69, 9.17) is 21.4 Å². The van der Waals surface area contributed by atoms with Gasteiger partial charge in [-0.2, -0.15) is 0 Å². The Morgan fingerprint density at radius 1 is 1.03 bits per heavy atom. The van der Waals surface area contributed by atoms with Gasteiger partial charge in [-0.25, -0.2) is 9.97 Å². The zero-order chi connectivity index (χ0) is 22.4. The van der Waals surface area contributed by atoms with Gasteiger partial charge < -0.3 is 9.64 Å². The molecule has 1 aromatic carbocycles. The molecule has 5 heterocycles. The molecule has 8 nitrogen and oxygen atoms in total. The molecule has 0 radical (unpaired) electrons. The van der Waals surface area contributed by atoms with Crippen LogP contribution in [0.5, 0.6) is 0 Å². The Morgan fingerprint density at radius 3 is 2.61 bits per heavy atom. The predicted octanol–water partition coefficient (Wildman–Crippen LogP) is 3.51. The molecule has 9 heteroatoms. The quantitative estimate of drug-likeness (QED) is 0.586. The monoisotopic (exact) mass is 465 g/mol.